The van der Waals surface area contributed by atoms with Crippen LogP contribution in [0, 0.1) is 0 Å². The molecule has 0 radical (unpaired) electrons. The van der Waals surface area contributed by atoms with E-state index in [1.807, 2.05) is 18.2 Å². The minimum absolute atomic E-state index is 0.0730. The van der Waals surface area contributed by atoms with Crippen LogP contribution in [-0.2, 0) is 21.2 Å². The van der Waals surface area contributed by atoms with Gasteiger partial charge in [0.25, 0.3) is 0 Å². The molecule has 6 heteroatoms. The van der Waals surface area contributed by atoms with Gasteiger partial charge in [0.05, 0.1) is 12.4 Å². The zero-order valence-electron chi connectivity index (χ0n) is 11.9. The van der Waals surface area contributed by atoms with Crippen LogP contribution in [0.15, 0.2) is 24.4 Å². The molecular formula is C14H22N2O3S. The fourth-order valence-electron chi connectivity index (χ4n) is 2.63. The largest absolute Gasteiger partial charge is 0.384 e. The molecule has 5 nitrogen and oxygen atoms in total. The van der Waals surface area contributed by atoms with E-state index in [0.717, 1.165) is 31.4 Å². The average Bonchev–Trinajstić information content (AvgIpc) is 2.93. The molecule has 20 heavy (non-hydrogen) atoms. The van der Waals surface area contributed by atoms with Crippen molar-refractivity contribution < 1.29 is 13.2 Å². The van der Waals surface area contributed by atoms with Gasteiger partial charge < -0.3 is 4.74 Å². The van der Waals surface area contributed by atoms with Crippen LogP contribution in [0.2, 0.25) is 0 Å². The van der Waals surface area contributed by atoms with Crippen LogP contribution in [-0.4, -0.2) is 49.8 Å². The molecule has 1 saturated heterocycles. The van der Waals surface area contributed by atoms with E-state index >= 15 is 0 Å². The first-order valence-corrected chi connectivity index (χ1v) is 8.63. The van der Waals surface area contributed by atoms with E-state index in [-0.39, 0.29) is 18.4 Å². The van der Waals surface area contributed by atoms with Crippen molar-refractivity contribution in [2.75, 3.05) is 26.0 Å². The second kappa shape index (κ2) is 7.15. The van der Waals surface area contributed by atoms with E-state index in [1.165, 1.54) is 7.11 Å². The number of ether oxygens (including phenoxy) is 1. The lowest BCUT2D eigenvalue weighted by molar-refractivity contribution is 0.215. The number of rotatable bonds is 7. The molecule has 1 aliphatic rings. The Hall–Kier alpha value is -0.980. The number of pyridine rings is 1. The lowest BCUT2D eigenvalue weighted by Crippen LogP contribution is -2.38. The molecule has 0 saturated carbocycles. The highest BCUT2D eigenvalue weighted by Crippen LogP contribution is 2.24. The Balaban J connectivity index is 1.94. The van der Waals surface area contributed by atoms with Gasteiger partial charge in [-0.1, -0.05) is 6.07 Å². The third-order valence-electron chi connectivity index (χ3n) is 3.69. The number of nitrogens with zero attached hydrogens (tertiary/aromatic N) is 2. The number of hydrogen-bond acceptors (Lipinski definition) is 4. The molecule has 1 atom stereocenters. The van der Waals surface area contributed by atoms with Crippen LogP contribution < -0.4 is 0 Å². The molecule has 0 bridgehead atoms. The van der Waals surface area contributed by atoms with Crippen molar-refractivity contribution in [3.8, 4) is 0 Å². The lowest BCUT2D eigenvalue weighted by Gasteiger charge is -2.23. The van der Waals surface area contributed by atoms with E-state index in [1.54, 1.807) is 10.5 Å². The van der Waals surface area contributed by atoms with Gasteiger partial charge in [0.1, 0.15) is 0 Å². The highest BCUT2D eigenvalue weighted by atomic mass is 32.2. The first-order chi connectivity index (χ1) is 9.63. The van der Waals surface area contributed by atoms with Gasteiger partial charge in [-0.15, -0.1) is 0 Å². The molecule has 0 spiro atoms. The van der Waals surface area contributed by atoms with Crippen molar-refractivity contribution >= 4 is 10.0 Å². The van der Waals surface area contributed by atoms with Gasteiger partial charge in [0, 0.05) is 31.6 Å². The summed E-state index contributed by atoms with van der Waals surface area (Å²) in [5.41, 5.74) is 1.02. The van der Waals surface area contributed by atoms with E-state index in [4.69, 9.17) is 4.74 Å². The Morgan fingerprint density at radius 1 is 1.45 bits per heavy atom. The van der Waals surface area contributed by atoms with Crippen molar-refractivity contribution in [1.82, 2.24) is 9.29 Å². The van der Waals surface area contributed by atoms with Gasteiger partial charge >= 0.3 is 0 Å². The molecule has 1 aromatic rings. The summed E-state index contributed by atoms with van der Waals surface area (Å²) in [7, 11) is -1.66. The minimum Gasteiger partial charge on any atom is -0.384 e. The molecule has 112 valence electrons. The summed E-state index contributed by atoms with van der Waals surface area (Å²) in [6.07, 6.45) is 5.32. The summed E-state index contributed by atoms with van der Waals surface area (Å²) in [5, 5.41) is 0. The van der Waals surface area contributed by atoms with Crippen molar-refractivity contribution in [2.24, 2.45) is 0 Å². The fourth-order valence-corrected chi connectivity index (χ4v) is 4.31. The van der Waals surface area contributed by atoms with Gasteiger partial charge in [-0.3, -0.25) is 4.98 Å². The van der Waals surface area contributed by atoms with Gasteiger partial charge in [-0.25, -0.2) is 8.42 Å². The van der Waals surface area contributed by atoms with Crippen molar-refractivity contribution in [3.63, 3.8) is 0 Å². The number of aryl methyl sites for hydroxylation is 1. The number of hydrogen-bond donors (Lipinski definition) is 0. The van der Waals surface area contributed by atoms with Gasteiger partial charge in [0.15, 0.2) is 0 Å². The molecule has 2 rings (SSSR count). The highest BCUT2D eigenvalue weighted by Gasteiger charge is 2.33. The zero-order chi connectivity index (χ0) is 14.4. The summed E-state index contributed by atoms with van der Waals surface area (Å²) in [6, 6.07) is 5.95. The zero-order valence-corrected chi connectivity index (χ0v) is 12.7. The molecule has 1 fully saturated rings. The summed E-state index contributed by atoms with van der Waals surface area (Å²) in [4.78, 5) is 4.29. The van der Waals surface area contributed by atoms with Gasteiger partial charge in [0.2, 0.25) is 10.0 Å². The number of methoxy groups -OCH3 is 1. The van der Waals surface area contributed by atoms with Crippen LogP contribution in [0.5, 0.6) is 0 Å². The third kappa shape index (κ3) is 4.01. The molecule has 0 N–H and O–H groups in total. The highest BCUT2D eigenvalue weighted by molar-refractivity contribution is 7.89. The van der Waals surface area contributed by atoms with Crippen LogP contribution in [0.3, 0.4) is 0 Å². The van der Waals surface area contributed by atoms with Crippen LogP contribution in [0.4, 0.5) is 0 Å². The Kier molecular flexibility index (Phi) is 5.51. The molecule has 1 aliphatic heterocycles. The Morgan fingerprint density at radius 3 is 3.00 bits per heavy atom. The summed E-state index contributed by atoms with van der Waals surface area (Å²) >= 11 is 0. The van der Waals surface area contributed by atoms with Crippen molar-refractivity contribution in [1.29, 1.82) is 0 Å². The summed E-state index contributed by atoms with van der Waals surface area (Å²) in [5.74, 6) is 0.0730. The van der Waals surface area contributed by atoms with E-state index in [2.05, 4.69) is 4.98 Å². The third-order valence-corrected chi connectivity index (χ3v) is 5.56. The van der Waals surface area contributed by atoms with E-state index in [9.17, 15) is 8.42 Å². The maximum Gasteiger partial charge on any atom is 0.216 e. The molecule has 2 heterocycles. The van der Waals surface area contributed by atoms with Gasteiger partial charge in [-0.2, -0.15) is 4.31 Å². The predicted octanol–water partition coefficient (Wildman–Crippen LogP) is 1.45. The molecule has 1 aromatic heterocycles. The maximum atomic E-state index is 12.2. The molecule has 0 amide bonds. The van der Waals surface area contributed by atoms with Gasteiger partial charge in [-0.05, 0) is 37.8 Å². The quantitative estimate of drug-likeness (QED) is 0.764. The smallest absolute Gasteiger partial charge is 0.216 e. The Labute approximate surface area is 121 Å². The second-order valence-corrected chi connectivity index (χ2v) is 7.12. The van der Waals surface area contributed by atoms with Crippen molar-refractivity contribution in [2.45, 2.75) is 31.7 Å². The van der Waals surface area contributed by atoms with Crippen molar-refractivity contribution in [3.05, 3.63) is 30.1 Å². The molecule has 0 unspecified atom stereocenters. The maximum absolute atomic E-state index is 12.2. The number of sulfonamides is 1. The Bertz CT molecular complexity index is 504. The topological polar surface area (TPSA) is 59.5 Å². The van der Waals surface area contributed by atoms with E-state index < -0.39 is 10.0 Å². The molecule has 0 aromatic carbocycles. The monoisotopic (exact) mass is 298 g/mol. The minimum atomic E-state index is -3.19. The first kappa shape index (κ1) is 15.4. The standard InChI is InChI=1S/C14H22N2O3S/c1-19-11-12-20(17,18)16-10-4-6-14(16)8-7-13-5-2-3-9-15-13/h2-3,5,9,14H,4,6-8,10-12H2,1H3/t14-/m0/s1. The normalized spacial score (nSPS) is 20.4. The van der Waals surface area contributed by atoms with Crippen LogP contribution >= 0.6 is 0 Å². The first-order valence-electron chi connectivity index (χ1n) is 7.02. The second-order valence-electron chi connectivity index (χ2n) is 5.08. The Morgan fingerprint density at radius 2 is 2.30 bits per heavy atom. The van der Waals surface area contributed by atoms with Crippen LogP contribution in [0.1, 0.15) is 25.0 Å². The lowest BCUT2D eigenvalue weighted by atomic mass is 10.1. The van der Waals surface area contributed by atoms with E-state index in [0.29, 0.717) is 6.54 Å². The summed E-state index contributed by atoms with van der Waals surface area (Å²) < 4.78 is 31.0. The molecular weight excluding hydrogens is 276 g/mol. The average molecular weight is 298 g/mol. The van der Waals surface area contributed by atoms with Crippen LogP contribution in [0.25, 0.3) is 0 Å². The SMILES string of the molecule is COCCS(=O)(=O)N1CCC[C@H]1CCc1ccccn1. The number of aromatic nitrogens is 1. The predicted molar refractivity (Wildman–Crippen MR) is 77.9 cm³/mol. The fraction of sp³-hybridized carbons (Fsp3) is 0.643. The molecule has 0 aliphatic carbocycles. The summed E-state index contributed by atoms with van der Waals surface area (Å²) in [6.45, 7) is 0.894.